The summed E-state index contributed by atoms with van der Waals surface area (Å²) >= 11 is 6.25. The molecule has 2 N–H and O–H groups in total. The van der Waals surface area contributed by atoms with Crippen molar-refractivity contribution in [2.75, 3.05) is 17.7 Å². The van der Waals surface area contributed by atoms with Gasteiger partial charge in [-0.15, -0.1) is 0 Å². The summed E-state index contributed by atoms with van der Waals surface area (Å²) in [5.41, 5.74) is 4.85. The highest BCUT2D eigenvalue weighted by Gasteiger charge is 2.16. The number of carbonyl (C=O) groups is 1. The highest BCUT2D eigenvalue weighted by atomic mass is 35.5. The zero-order valence-corrected chi connectivity index (χ0v) is 17.3. The molecule has 0 aliphatic rings. The molecule has 0 aliphatic heterocycles. The fraction of sp³-hybridized carbons (Fsp3) is 0.217. The number of nitrogens with one attached hydrogen (secondary N) is 2. The molecule has 0 saturated carbocycles. The lowest BCUT2D eigenvalue weighted by Gasteiger charge is -2.19. The molecule has 3 rings (SSSR count). The Balaban J connectivity index is 1.85. The predicted octanol–water partition coefficient (Wildman–Crippen LogP) is 5.99. The zero-order chi connectivity index (χ0) is 20.3. The van der Waals surface area contributed by atoms with Gasteiger partial charge in [0.05, 0.1) is 16.3 Å². The van der Waals surface area contributed by atoms with E-state index in [2.05, 4.69) is 36.4 Å². The molecule has 28 heavy (non-hydrogen) atoms. The first kappa shape index (κ1) is 19.9. The van der Waals surface area contributed by atoms with Gasteiger partial charge in [0.2, 0.25) is 0 Å². The highest BCUT2D eigenvalue weighted by Crippen LogP contribution is 2.30. The summed E-state index contributed by atoms with van der Waals surface area (Å²) in [7, 11) is 1.79. The van der Waals surface area contributed by atoms with E-state index in [9.17, 15) is 4.79 Å². The Labute approximate surface area is 171 Å². The summed E-state index contributed by atoms with van der Waals surface area (Å²) in [6.45, 7) is 6.49. The summed E-state index contributed by atoms with van der Waals surface area (Å²) < 4.78 is 0. The van der Waals surface area contributed by atoms with Crippen molar-refractivity contribution >= 4 is 28.9 Å². The third-order valence-corrected chi connectivity index (χ3v) is 4.88. The molecule has 2 aromatic carbocycles. The van der Waals surface area contributed by atoms with Gasteiger partial charge in [-0.25, -0.2) is 0 Å². The summed E-state index contributed by atoms with van der Waals surface area (Å²) in [5, 5.41) is 6.62. The molecule has 0 spiro atoms. The standard InChI is InChI=1S/C23H24ClN3O/c1-23(2,3)16-8-10-17(11-9-16)27-22(28)18-12-7-15(14-20(18)25-4)21-19(24)6-5-13-26-21/h5-14,25H,1-4H3,(H,27,28). The van der Waals surface area contributed by atoms with Gasteiger partial charge in [0.25, 0.3) is 5.91 Å². The van der Waals surface area contributed by atoms with Crippen molar-refractivity contribution in [1.82, 2.24) is 4.98 Å². The summed E-state index contributed by atoms with van der Waals surface area (Å²) in [6, 6.07) is 17.0. The normalized spacial score (nSPS) is 11.2. The van der Waals surface area contributed by atoms with Crippen molar-refractivity contribution in [3.63, 3.8) is 0 Å². The van der Waals surface area contributed by atoms with Gasteiger partial charge in [-0.05, 0) is 47.4 Å². The van der Waals surface area contributed by atoms with Gasteiger partial charge in [-0.1, -0.05) is 50.6 Å². The van der Waals surface area contributed by atoms with Gasteiger partial charge in [0.1, 0.15) is 0 Å². The second-order valence-corrected chi connectivity index (χ2v) is 8.03. The predicted molar refractivity (Wildman–Crippen MR) is 117 cm³/mol. The topological polar surface area (TPSA) is 54.0 Å². The van der Waals surface area contributed by atoms with Crippen LogP contribution in [0, 0.1) is 0 Å². The van der Waals surface area contributed by atoms with E-state index < -0.39 is 0 Å². The number of nitrogens with zero attached hydrogens (tertiary/aromatic N) is 1. The van der Waals surface area contributed by atoms with Gasteiger partial charge >= 0.3 is 0 Å². The average Bonchev–Trinajstić information content (AvgIpc) is 2.67. The first-order valence-electron chi connectivity index (χ1n) is 9.14. The SMILES string of the molecule is CNc1cc(-c2ncccc2Cl)ccc1C(=O)Nc1ccc(C(C)(C)C)cc1. The molecule has 0 aliphatic carbocycles. The number of halogens is 1. The zero-order valence-electron chi connectivity index (χ0n) is 16.5. The van der Waals surface area contributed by atoms with Gasteiger partial charge in [0, 0.05) is 30.2 Å². The van der Waals surface area contributed by atoms with Crippen molar-refractivity contribution < 1.29 is 4.79 Å². The Morgan fingerprint density at radius 3 is 2.36 bits per heavy atom. The van der Waals surface area contributed by atoms with Crippen LogP contribution in [0.15, 0.2) is 60.8 Å². The number of benzene rings is 2. The quantitative estimate of drug-likeness (QED) is 0.572. The van der Waals surface area contributed by atoms with Gasteiger partial charge in [-0.3, -0.25) is 9.78 Å². The van der Waals surface area contributed by atoms with Crippen molar-refractivity contribution in [1.29, 1.82) is 0 Å². The lowest BCUT2D eigenvalue weighted by molar-refractivity contribution is 0.102. The maximum Gasteiger partial charge on any atom is 0.257 e. The van der Waals surface area contributed by atoms with Gasteiger partial charge < -0.3 is 10.6 Å². The lowest BCUT2D eigenvalue weighted by atomic mass is 9.87. The van der Waals surface area contributed by atoms with E-state index in [1.807, 2.05) is 36.4 Å². The number of hydrogen-bond donors (Lipinski definition) is 2. The highest BCUT2D eigenvalue weighted by molar-refractivity contribution is 6.33. The number of rotatable bonds is 4. The van der Waals surface area contributed by atoms with Crippen molar-refractivity contribution in [2.24, 2.45) is 0 Å². The number of hydrogen-bond acceptors (Lipinski definition) is 3. The largest absolute Gasteiger partial charge is 0.387 e. The molecule has 0 saturated heterocycles. The first-order valence-corrected chi connectivity index (χ1v) is 9.52. The van der Waals surface area contributed by atoms with Crippen LogP contribution in [0.1, 0.15) is 36.7 Å². The fourth-order valence-corrected chi connectivity index (χ4v) is 3.18. The first-order chi connectivity index (χ1) is 13.3. The number of pyridine rings is 1. The van der Waals surface area contributed by atoms with Crippen LogP contribution >= 0.6 is 11.6 Å². The molecule has 144 valence electrons. The monoisotopic (exact) mass is 393 g/mol. The second kappa shape index (κ2) is 8.03. The summed E-state index contributed by atoms with van der Waals surface area (Å²) in [4.78, 5) is 17.1. The molecule has 1 heterocycles. The number of amides is 1. The minimum absolute atomic E-state index is 0.0738. The fourth-order valence-electron chi connectivity index (χ4n) is 2.95. The maximum atomic E-state index is 12.8. The van der Waals surface area contributed by atoms with Crippen LogP contribution in [0.25, 0.3) is 11.3 Å². The van der Waals surface area contributed by atoms with Crippen molar-refractivity contribution in [3.05, 3.63) is 76.9 Å². The van der Waals surface area contributed by atoms with E-state index in [4.69, 9.17) is 11.6 Å². The molecule has 0 fully saturated rings. The minimum atomic E-state index is -0.175. The van der Waals surface area contributed by atoms with Crippen LogP contribution in [0.4, 0.5) is 11.4 Å². The van der Waals surface area contributed by atoms with Crippen molar-refractivity contribution in [2.45, 2.75) is 26.2 Å². The Morgan fingerprint density at radius 1 is 1.04 bits per heavy atom. The molecule has 0 unspecified atom stereocenters. The van der Waals surface area contributed by atoms with E-state index in [-0.39, 0.29) is 11.3 Å². The third kappa shape index (κ3) is 4.34. The molecular formula is C23H24ClN3O. The molecule has 0 atom stereocenters. The van der Waals surface area contributed by atoms with Crippen LogP contribution in [0.2, 0.25) is 5.02 Å². The van der Waals surface area contributed by atoms with Crippen LogP contribution in [-0.2, 0) is 5.41 Å². The molecule has 1 aromatic heterocycles. The molecular weight excluding hydrogens is 370 g/mol. The van der Waals surface area contributed by atoms with E-state index in [1.165, 1.54) is 5.56 Å². The summed E-state index contributed by atoms with van der Waals surface area (Å²) in [6.07, 6.45) is 1.70. The maximum absolute atomic E-state index is 12.8. The number of carbonyl (C=O) groups excluding carboxylic acids is 1. The van der Waals surface area contributed by atoms with E-state index in [0.717, 1.165) is 11.3 Å². The summed E-state index contributed by atoms with van der Waals surface area (Å²) in [5.74, 6) is -0.175. The Hall–Kier alpha value is -2.85. The average molecular weight is 394 g/mol. The Kier molecular flexibility index (Phi) is 5.71. The van der Waals surface area contributed by atoms with E-state index in [1.54, 1.807) is 31.4 Å². The number of anilines is 2. The Morgan fingerprint density at radius 2 is 1.75 bits per heavy atom. The van der Waals surface area contributed by atoms with Gasteiger partial charge in [-0.2, -0.15) is 0 Å². The van der Waals surface area contributed by atoms with E-state index in [0.29, 0.717) is 22.0 Å². The van der Waals surface area contributed by atoms with Gasteiger partial charge in [0.15, 0.2) is 0 Å². The minimum Gasteiger partial charge on any atom is -0.387 e. The number of aromatic nitrogens is 1. The van der Waals surface area contributed by atoms with Crippen LogP contribution in [0.3, 0.4) is 0 Å². The van der Waals surface area contributed by atoms with Crippen LogP contribution < -0.4 is 10.6 Å². The molecule has 0 bridgehead atoms. The second-order valence-electron chi connectivity index (χ2n) is 7.63. The van der Waals surface area contributed by atoms with Crippen LogP contribution in [0.5, 0.6) is 0 Å². The van der Waals surface area contributed by atoms with Crippen molar-refractivity contribution in [3.8, 4) is 11.3 Å². The molecule has 4 nitrogen and oxygen atoms in total. The Bertz CT molecular complexity index is 991. The third-order valence-electron chi connectivity index (χ3n) is 4.57. The molecule has 0 radical (unpaired) electrons. The molecule has 3 aromatic rings. The van der Waals surface area contributed by atoms with E-state index >= 15 is 0 Å². The lowest BCUT2D eigenvalue weighted by Crippen LogP contribution is -2.15. The molecule has 5 heteroatoms. The smallest absolute Gasteiger partial charge is 0.257 e. The molecule has 1 amide bonds. The van der Waals surface area contributed by atoms with Crippen LogP contribution in [-0.4, -0.2) is 17.9 Å².